The van der Waals surface area contributed by atoms with E-state index < -0.39 is 0 Å². The van der Waals surface area contributed by atoms with Crippen molar-refractivity contribution in [2.75, 3.05) is 0 Å². The van der Waals surface area contributed by atoms with Gasteiger partial charge >= 0.3 is 0 Å². The minimum Gasteiger partial charge on any atom is -0.348 e. The van der Waals surface area contributed by atoms with E-state index in [0.29, 0.717) is 6.54 Å². The summed E-state index contributed by atoms with van der Waals surface area (Å²) in [5.74, 6) is 0. The number of fused-ring (bicyclic) bond motifs is 1. The number of benzene rings is 1. The van der Waals surface area contributed by atoms with Crippen LogP contribution in [0.1, 0.15) is 11.3 Å². The maximum Gasteiger partial charge on any atom is 0.0498 e. The lowest BCUT2D eigenvalue weighted by Gasteiger charge is -1.98. The quantitative estimate of drug-likeness (QED) is 0.768. The molecule has 2 aromatic rings. The maximum absolute atomic E-state index is 5.95. The van der Waals surface area contributed by atoms with Gasteiger partial charge in [0.05, 0.1) is 0 Å². The number of aryl methyl sites for hydroxylation is 1. The fourth-order valence-electron chi connectivity index (χ4n) is 1.87. The molecule has 0 bridgehead atoms. The molecule has 0 atom stereocenters. The van der Waals surface area contributed by atoms with Crippen LogP contribution in [0.2, 0.25) is 5.02 Å². The van der Waals surface area contributed by atoms with Crippen molar-refractivity contribution >= 4 is 22.5 Å². The summed E-state index contributed by atoms with van der Waals surface area (Å²) in [7, 11) is 2.03. The molecular weight excluding hydrogens is 196 g/mol. The molecule has 2 N–H and O–H groups in total. The van der Waals surface area contributed by atoms with Gasteiger partial charge in [-0.2, -0.15) is 0 Å². The van der Waals surface area contributed by atoms with Gasteiger partial charge in [-0.1, -0.05) is 17.7 Å². The van der Waals surface area contributed by atoms with Gasteiger partial charge in [-0.05, 0) is 24.6 Å². The third kappa shape index (κ3) is 1.22. The molecule has 0 saturated heterocycles. The van der Waals surface area contributed by atoms with Gasteiger partial charge in [-0.25, -0.2) is 0 Å². The molecule has 0 aliphatic carbocycles. The molecule has 3 heteroatoms. The van der Waals surface area contributed by atoms with E-state index in [9.17, 15) is 0 Å². The van der Waals surface area contributed by atoms with Crippen LogP contribution in [0.5, 0.6) is 0 Å². The minimum atomic E-state index is 0.574. The zero-order chi connectivity index (χ0) is 10.3. The zero-order valence-electron chi connectivity index (χ0n) is 8.34. The predicted molar refractivity (Wildman–Crippen MR) is 60.6 cm³/mol. The Morgan fingerprint density at radius 1 is 1.43 bits per heavy atom. The molecule has 2 rings (SSSR count). The molecule has 0 unspecified atom stereocenters. The molecule has 0 saturated carbocycles. The van der Waals surface area contributed by atoms with E-state index >= 15 is 0 Å². The normalized spacial score (nSPS) is 11.1. The molecule has 0 fully saturated rings. The Bertz CT molecular complexity index is 485. The van der Waals surface area contributed by atoms with E-state index in [1.807, 2.05) is 25.2 Å². The van der Waals surface area contributed by atoms with Gasteiger partial charge in [0, 0.05) is 35.2 Å². The monoisotopic (exact) mass is 208 g/mol. The van der Waals surface area contributed by atoms with Crippen molar-refractivity contribution in [2.45, 2.75) is 13.5 Å². The van der Waals surface area contributed by atoms with Crippen LogP contribution in [0.4, 0.5) is 0 Å². The number of rotatable bonds is 1. The Balaban J connectivity index is 2.88. The summed E-state index contributed by atoms with van der Waals surface area (Å²) >= 11 is 5.95. The van der Waals surface area contributed by atoms with E-state index in [2.05, 4.69) is 11.5 Å². The molecule has 1 heterocycles. The fourth-order valence-corrected chi connectivity index (χ4v) is 2.04. The smallest absolute Gasteiger partial charge is 0.0498 e. The van der Waals surface area contributed by atoms with Crippen molar-refractivity contribution in [3.05, 3.63) is 34.5 Å². The second-order valence-electron chi connectivity index (χ2n) is 3.49. The summed E-state index contributed by atoms with van der Waals surface area (Å²) in [5, 5.41) is 1.97. The van der Waals surface area contributed by atoms with Crippen molar-refractivity contribution < 1.29 is 0 Å². The number of hydrogen-bond acceptors (Lipinski definition) is 1. The largest absolute Gasteiger partial charge is 0.348 e. The highest BCUT2D eigenvalue weighted by molar-refractivity contribution is 6.31. The van der Waals surface area contributed by atoms with Gasteiger partial charge in [0.2, 0.25) is 0 Å². The number of halogens is 1. The standard InChI is InChI=1S/C11H13ClN2/c1-7-10(6-13)9-4-3-8(12)5-11(9)14(7)2/h3-5H,6,13H2,1-2H3. The molecule has 0 aliphatic heterocycles. The maximum atomic E-state index is 5.95. The van der Waals surface area contributed by atoms with E-state index in [1.165, 1.54) is 16.6 Å². The minimum absolute atomic E-state index is 0.574. The SMILES string of the molecule is Cc1c(CN)c2ccc(Cl)cc2n1C. The van der Waals surface area contributed by atoms with Crippen LogP contribution in [0, 0.1) is 6.92 Å². The van der Waals surface area contributed by atoms with Crippen LogP contribution in [-0.2, 0) is 13.6 Å². The molecule has 1 aromatic carbocycles. The lowest BCUT2D eigenvalue weighted by molar-refractivity contribution is 0.894. The van der Waals surface area contributed by atoms with Gasteiger partial charge in [-0.15, -0.1) is 0 Å². The average molecular weight is 209 g/mol. The van der Waals surface area contributed by atoms with Gasteiger partial charge in [0.1, 0.15) is 0 Å². The Morgan fingerprint density at radius 3 is 2.79 bits per heavy atom. The van der Waals surface area contributed by atoms with E-state index in [1.54, 1.807) is 0 Å². The first-order valence-electron chi connectivity index (χ1n) is 4.58. The van der Waals surface area contributed by atoms with Gasteiger partial charge in [0.15, 0.2) is 0 Å². The van der Waals surface area contributed by atoms with E-state index in [0.717, 1.165) is 10.5 Å². The first-order chi connectivity index (χ1) is 6.65. The number of nitrogens with zero attached hydrogens (tertiary/aromatic N) is 1. The summed E-state index contributed by atoms with van der Waals surface area (Å²) in [6.07, 6.45) is 0. The Hall–Kier alpha value is -0.990. The lowest BCUT2D eigenvalue weighted by Crippen LogP contribution is -1.98. The van der Waals surface area contributed by atoms with Gasteiger partial charge < -0.3 is 10.3 Å². The van der Waals surface area contributed by atoms with Crippen LogP contribution in [0.15, 0.2) is 18.2 Å². The Morgan fingerprint density at radius 2 is 2.14 bits per heavy atom. The predicted octanol–water partition coefficient (Wildman–Crippen LogP) is 2.60. The Kier molecular flexibility index (Phi) is 2.25. The summed E-state index contributed by atoms with van der Waals surface area (Å²) in [6, 6.07) is 5.92. The van der Waals surface area contributed by atoms with Gasteiger partial charge in [0.25, 0.3) is 0 Å². The second kappa shape index (κ2) is 3.30. The number of nitrogens with two attached hydrogens (primary N) is 1. The highest BCUT2D eigenvalue weighted by Gasteiger charge is 2.09. The highest BCUT2D eigenvalue weighted by Crippen LogP contribution is 2.26. The fraction of sp³-hybridized carbons (Fsp3) is 0.273. The van der Waals surface area contributed by atoms with Crippen molar-refractivity contribution in [3.8, 4) is 0 Å². The third-order valence-corrected chi connectivity index (χ3v) is 3.03. The summed E-state index contributed by atoms with van der Waals surface area (Å²) in [6.45, 7) is 2.65. The highest BCUT2D eigenvalue weighted by atomic mass is 35.5. The molecule has 0 aliphatic rings. The first-order valence-corrected chi connectivity index (χ1v) is 4.96. The van der Waals surface area contributed by atoms with E-state index in [-0.39, 0.29) is 0 Å². The summed E-state index contributed by atoms with van der Waals surface area (Å²) in [4.78, 5) is 0. The van der Waals surface area contributed by atoms with E-state index in [4.69, 9.17) is 17.3 Å². The van der Waals surface area contributed by atoms with Crippen molar-refractivity contribution in [1.29, 1.82) is 0 Å². The Labute approximate surface area is 88.3 Å². The molecule has 2 nitrogen and oxygen atoms in total. The summed E-state index contributed by atoms with van der Waals surface area (Å²) in [5.41, 5.74) is 9.29. The lowest BCUT2D eigenvalue weighted by atomic mass is 10.1. The zero-order valence-corrected chi connectivity index (χ0v) is 9.10. The molecule has 0 spiro atoms. The first kappa shape index (κ1) is 9.56. The van der Waals surface area contributed by atoms with Crippen LogP contribution >= 0.6 is 11.6 Å². The van der Waals surface area contributed by atoms with Crippen LogP contribution in [0.3, 0.4) is 0 Å². The van der Waals surface area contributed by atoms with Crippen molar-refractivity contribution in [3.63, 3.8) is 0 Å². The topological polar surface area (TPSA) is 30.9 Å². The molecule has 1 aromatic heterocycles. The van der Waals surface area contributed by atoms with Crippen molar-refractivity contribution in [1.82, 2.24) is 4.57 Å². The summed E-state index contributed by atoms with van der Waals surface area (Å²) < 4.78 is 2.13. The molecular formula is C11H13ClN2. The molecule has 0 radical (unpaired) electrons. The van der Waals surface area contributed by atoms with Crippen LogP contribution in [0.25, 0.3) is 10.9 Å². The van der Waals surface area contributed by atoms with Crippen molar-refractivity contribution in [2.24, 2.45) is 12.8 Å². The second-order valence-corrected chi connectivity index (χ2v) is 3.93. The number of hydrogen-bond donors (Lipinski definition) is 1. The van der Waals surface area contributed by atoms with Gasteiger partial charge in [-0.3, -0.25) is 0 Å². The molecule has 0 amide bonds. The molecule has 74 valence electrons. The number of aromatic nitrogens is 1. The van der Waals surface area contributed by atoms with Crippen LogP contribution in [-0.4, -0.2) is 4.57 Å². The third-order valence-electron chi connectivity index (χ3n) is 2.79. The average Bonchev–Trinajstić information content (AvgIpc) is 2.41. The van der Waals surface area contributed by atoms with Crippen LogP contribution < -0.4 is 5.73 Å². The molecule has 14 heavy (non-hydrogen) atoms.